The molecule has 0 radical (unpaired) electrons. The first-order valence-electron chi connectivity index (χ1n) is 21.9. The van der Waals surface area contributed by atoms with Crippen molar-refractivity contribution in [3.05, 3.63) is 43.0 Å². The number of carbonyl (C=O) groups is 4. The van der Waals surface area contributed by atoms with Gasteiger partial charge in [-0.25, -0.2) is 14.8 Å². The lowest BCUT2D eigenvalue weighted by Crippen LogP contribution is -2.60. The largest absolute Gasteiger partial charge is 0.481 e. The molecule has 3 aliphatic rings. The van der Waals surface area contributed by atoms with Gasteiger partial charge in [-0.05, 0) is 86.0 Å². The highest BCUT2D eigenvalue weighted by Crippen LogP contribution is 2.44. The van der Waals surface area contributed by atoms with E-state index in [1.165, 1.54) is 20.1 Å². The Hall–Kier alpha value is -4.22. The molecule has 62 heavy (non-hydrogen) atoms. The molecule has 16 nitrogen and oxygen atoms in total. The number of aryl methyl sites for hydroxylation is 1. The van der Waals surface area contributed by atoms with Gasteiger partial charge in [-0.1, -0.05) is 34.3 Å². The smallest absolute Gasteiger partial charge is 0.411 e. The zero-order valence-electron chi connectivity index (χ0n) is 38.7. The van der Waals surface area contributed by atoms with E-state index in [2.05, 4.69) is 16.5 Å². The summed E-state index contributed by atoms with van der Waals surface area (Å²) in [4.78, 5) is 69.8. The number of fused-ring (bicyclic) bond motifs is 1. The average Bonchev–Trinajstić information content (AvgIpc) is 3.77. The number of carbonyl (C=O) groups excluding carboxylic acids is 4. The Morgan fingerprint density at radius 1 is 1.02 bits per heavy atom. The van der Waals surface area contributed by atoms with E-state index >= 15 is 0 Å². The lowest BCUT2D eigenvalue weighted by Gasteiger charge is -2.47. The number of aromatic nitrogens is 3. The van der Waals surface area contributed by atoms with Crippen molar-refractivity contribution in [3.63, 3.8) is 0 Å². The summed E-state index contributed by atoms with van der Waals surface area (Å²) in [5, 5.41) is 11.5. The fourth-order valence-electron chi connectivity index (χ4n) is 9.84. The third-order valence-electron chi connectivity index (χ3n) is 13.5. The molecule has 0 bridgehead atoms. The first-order valence-corrected chi connectivity index (χ1v) is 21.9. The van der Waals surface area contributed by atoms with Crippen LogP contribution in [0, 0.1) is 30.6 Å². The molecule has 1 amide bonds. The number of Topliss-reactive ketones (excluding diaryl/α,β-unsaturated/α-hetero) is 2. The van der Waals surface area contributed by atoms with Crippen molar-refractivity contribution in [2.75, 3.05) is 34.9 Å². The van der Waals surface area contributed by atoms with Crippen LogP contribution in [0.25, 0.3) is 11.3 Å². The maximum absolute atomic E-state index is 14.9. The number of rotatable bonds is 13. The number of amides is 1. The molecule has 0 aliphatic carbocycles. The van der Waals surface area contributed by atoms with Crippen molar-refractivity contribution in [2.45, 2.75) is 148 Å². The fraction of sp³-hybridized carbons (Fsp3) is 0.696. The summed E-state index contributed by atoms with van der Waals surface area (Å²) in [6.07, 6.45) is 1.78. The summed E-state index contributed by atoms with van der Waals surface area (Å²) in [5.74, 6) is -4.74. The Kier molecular flexibility index (Phi) is 15.8. The summed E-state index contributed by atoms with van der Waals surface area (Å²) in [6, 6.07) is 2.49. The molecule has 13 atom stereocenters. The molecule has 3 aliphatic heterocycles. The number of cyclic esters (lactones) is 1. The second-order valence-electron chi connectivity index (χ2n) is 17.9. The van der Waals surface area contributed by atoms with Crippen molar-refractivity contribution in [1.29, 1.82) is 0 Å². The lowest BCUT2D eigenvalue weighted by molar-refractivity contribution is -0.295. The van der Waals surface area contributed by atoms with Gasteiger partial charge < -0.3 is 43.0 Å². The van der Waals surface area contributed by atoms with Crippen molar-refractivity contribution in [3.8, 4) is 17.1 Å². The first kappa shape index (κ1) is 48.8. The molecule has 5 heterocycles. The summed E-state index contributed by atoms with van der Waals surface area (Å²) in [5.41, 5.74) is -0.278. The number of ketones is 2. The molecule has 3 saturated heterocycles. The van der Waals surface area contributed by atoms with Gasteiger partial charge in [0.05, 0.1) is 43.0 Å². The number of aliphatic hydroxyl groups excluding tert-OH is 1. The molecule has 2 aromatic rings. The Morgan fingerprint density at radius 2 is 1.71 bits per heavy atom. The van der Waals surface area contributed by atoms with E-state index in [1.54, 1.807) is 65.2 Å². The van der Waals surface area contributed by atoms with Crippen molar-refractivity contribution in [1.82, 2.24) is 24.3 Å². The van der Waals surface area contributed by atoms with Crippen LogP contribution in [0.5, 0.6) is 5.88 Å². The van der Waals surface area contributed by atoms with Crippen molar-refractivity contribution in [2.24, 2.45) is 23.7 Å². The number of aliphatic hydroxyl groups is 1. The second kappa shape index (κ2) is 20.1. The monoisotopic (exact) mass is 867 g/mol. The van der Waals surface area contributed by atoms with Crippen LogP contribution in [0.15, 0.2) is 37.3 Å². The molecule has 0 aromatic carbocycles. The molecule has 344 valence electrons. The van der Waals surface area contributed by atoms with E-state index in [4.69, 9.17) is 28.4 Å². The van der Waals surface area contributed by atoms with Crippen LogP contribution in [0.3, 0.4) is 0 Å². The molecule has 1 N–H and O–H groups in total. The normalized spacial score (nSPS) is 35.0. The van der Waals surface area contributed by atoms with Crippen LogP contribution in [-0.2, 0) is 44.6 Å². The fourth-order valence-corrected chi connectivity index (χ4v) is 9.84. The maximum atomic E-state index is 14.9. The molecule has 0 spiro atoms. The predicted molar refractivity (Wildman–Crippen MR) is 230 cm³/mol. The van der Waals surface area contributed by atoms with Gasteiger partial charge in [0.2, 0.25) is 5.88 Å². The van der Waals surface area contributed by atoms with E-state index < -0.39 is 83.4 Å². The van der Waals surface area contributed by atoms with Gasteiger partial charge in [-0.2, -0.15) is 0 Å². The highest BCUT2D eigenvalue weighted by molar-refractivity contribution is 6.00. The molecule has 0 saturated carbocycles. The second-order valence-corrected chi connectivity index (χ2v) is 17.9. The minimum Gasteiger partial charge on any atom is -0.481 e. The van der Waals surface area contributed by atoms with Gasteiger partial charge >= 0.3 is 12.1 Å². The third-order valence-corrected chi connectivity index (χ3v) is 13.5. The average molecular weight is 868 g/mol. The van der Waals surface area contributed by atoms with Crippen LogP contribution in [0.2, 0.25) is 0 Å². The molecule has 2 aromatic heterocycles. The van der Waals surface area contributed by atoms with Crippen molar-refractivity contribution < 1.29 is 52.7 Å². The van der Waals surface area contributed by atoms with Crippen LogP contribution < -0.4 is 4.74 Å². The Balaban J connectivity index is 1.45. The predicted octanol–water partition coefficient (Wildman–Crippen LogP) is 5.41. The van der Waals surface area contributed by atoms with E-state index in [-0.39, 0.29) is 37.3 Å². The van der Waals surface area contributed by atoms with Crippen molar-refractivity contribution >= 4 is 23.6 Å². The molecular formula is C46H69N5O11. The quantitative estimate of drug-likeness (QED) is 0.117. The van der Waals surface area contributed by atoms with E-state index in [0.29, 0.717) is 31.7 Å². The van der Waals surface area contributed by atoms with E-state index in [0.717, 1.165) is 17.0 Å². The standard InChI is InChI=1S/C46H69N5O11/c1-14-34-46(15-2)40(51(44(56)62-46)21-17-16-20-50-25-48-36(31(50)8)32-18-19-35(57-12)47-24-32)28(5)37(52)26(3)23-45(9,58-13)41(29(6)38(53)30(7)42(55)60-34)61-43-39(54)33(49(10)11)22-27(4)59-43/h15,18-19,24-30,33-34,39-41,43,54H,2,14,16-17,20-23H2,1,3-13H3/t26-,27-,28+,29+,30-,33+,34-,39-,40-,41-,43?,45+,46-/m1/s1. The van der Waals surface area contributed by atoms with Crippen LogP contribution >= 0.6 is 0 Å². The van der Waals surface area contributed by atoms with Gasteiger partial charge in [0, 0.05) is 67.5 Å². The molecule has 5 rings (SSSR count). The van der Waals surface area contributed by atoms with Crippen LogP contribution in [0.1, 0.15) is 86.3 Å². The number of pyridine rings is 1. The third kappa shape index (κ3) is 9.64. The first-order chi connectivity index (χ1) is 29.3. The minimum absolute atomic E-state index is 0.0991. The van der Waals surface area contributed by atoms with Gasteiger partial charge in [0.1, 0.15) is 23.9 Å². The van der Waals surface area contributed by atoms with E-state index in [9.17, 15) is 24.3 Å². The number of esters is 1. The highest BCUT2D eigenvalue weighted by atomic mass is 16.7. The Labute approximate surface area is 366 Å². The number of imidazole rings is 1. The lowest BCUT2D eigenvalue weighted by atomic mass is 9.72. The summed E-state index contributed by atoms with van der Waals surface area (Å²) >= 11 is 0. The molecular weight excluding hydrogens is 799 g/mol. The Bertz CT molecular complexity index is 1900. The summed E-state index contributed by atoms with van der Waals surface area (Å²) < 4.78 is 38.6. The molecule has 3 fully saturated rings. The van der Waals surface area contributed by atoms with Gasteiger partial charge in [-0.3, -0.25) is 19.3 Å². The van der Waals surface area contributed by atoms with Gasteiger partial charge in [-0.15, -0.1) is 0 Å². The number of unbranched alkanes of at least 4 members (excludes halogenated alkanes) is 1. The SMILES string of the molecule is C=C[C@]12OC(=O)N(CCCCn3cnc(-c4ccc(OC)nc4)c3C)[C@@H]1[C@@H](C)C(=O)[C@H](C)C[C@](C)(OC)[C@H](OC1O[C@H](C)C[C@H](N(C)C)[C@H]1O)[C@@H](C)C(=O)[C@@H](C)C(=O)O[C@@H]2CC. The summed E-state index contributed by atoms with van der Waals surface area (Å²) in [6.45, 7) is 19.1. The molecule has 1 unspecified atom stereocenters. The number of hydrogen-bond donors (Lipinski definition) is 1. The number of methoxy groups -OCH3 is 2. The van der Waals surface area contributed by atoms with Crippen LogP contribution in [0.4, 0.5) is 4.79 Å². The maximum Gasteiger partial charge on any atom is 0.411 e. The minimum atomic E-state index is -1.61. The topological polar surface area (TPSA) is 181 Å². The van der Waals surface area contributed by atoms with Gasteiger partial charge in [0.15, 0.2) is 17.7 Å². The number of hydrogen-bond acceptors (Lipinski definition) is 14. The summed E-state index contributed by atoms with van der Waals surface area (Å²) in [7, 11) is 6.79. The van der Waals surface area contributed by atoms with Crippen LogP contribution in [-0.4, -0.2) is 142 Å². The Morgan fingerprint density at radius 3 is 2.31 bits per heavy atom. The van der Waals surface area contributed by atoms with Gasteiger partial charge in [0.25, 0.3) is 0 Å². The number of ether oxygens (including phenoxy) is 6. The molecule has 16 heteroatoms. The number of likely N-dealkylation sites (N-methyl/N-ethyl adjacent to an activating group) is 1. The number of nitrogens with zero attached hydrogens (tertiary/aromatic N) is 5. The van der Waals surface area contributed by atoms with E-state index in [1.807, 2.05) is 43.5 Å². The zero-order chi connectivity index (χ0) is 45.8. The highest BCUT2D eigenvalue weighted by Gasteiger charge is 2.61. The zero-order valence-corrected chi connectivity index (χ0v) is 38.7.